The highest BCUT2D eigenvalue weighted by Crippen LogP contribution is 2.30. The summed E-state index contributed by atoms with van der Waals surface area (Å²) in [4.78, 5) is 76.7. The highest BCUT2D eigenvalue weighted by Gasteiger charge is 2.50. The third-order valence-corrected chi connectivity index (χ3v) is 8.63. The largest absolute Gasteiger partial charge is 0.361 e. The number of hydrogen-bond acceptors (Lipinski definition) is 8. The first-order valence-electron chi connectivity index (χ1n) is 16.5. The van der Waals surface area contributed by atoms with Gasteiger partial charge in [0, 0.05) is 37.8 Å². The van der Waals surface area contributed by atoms with Crippen molar-refractivity contribution in [1.82, 2.24) is 30.8 Å². The Balaban J connectivity index is 1.44. The van der Waals surface area contributed by atoms with Crippen molar-refractivity contribution in [2.45, 2.75) is 90.4 Å². The molecule has 0 radical (unpaired) electrons. The topological polar surface area (TPSA) is 163 Å². The number of ether oxygens (including phenoxy) is 1. The van der Waals surface area contributed by atoms with E-state index < -0.39 is 41.5 Å². The van der Waals surface area contributed by atoms with Gasteiger partial charge < -0.3 is 25.6 Å². The van der Waals surface area contributed by atoms with E-state index in [-0.39, 0.29) is 41.5 Å². The highest BCUT2D eigenvalue weighted by molar-refractivity contribution is 5.98. The number of piperidine rings is 1. The maximum atomic E-state index is 13.9. The number of hydrogen-bond donors (Lipinski definition) is 3. The minimum absolute atomic E-state index is 0.0616. The molecule has 12 heteroatoms. The average Bonchev–Trinajstić information content (AvgIpc) is 3.81. The Bertz CT molecular complexity index is 1390. The lowest BCUT2D eigenvalue weighted by Crippen LogP contribution is -2.58. The fourth-order valence-electron chi connectivity index (χ4n) is 5.83. The molecule has 4 unspecified atom stereocenters. The number of carbonyl (C=O) groups excluding carboxylic acids is 5. The van der Waals surface area contributed by atoms with Crippen LogP contribution in [0, 0.1) is 17.8 Å². The Morgan fingerprint density at radius 3 is 2.04 bits per heavy atom. The number of aromatic nitrogens is 2. The van der Waals surface area contributed by atoms with E-state index in [4.69, 9.17) is 4.74 Å². The van der Waals surface area contributed by atoms with Crippen LogP contribution < -0.4 is 16.0 Å². The Labute approximate surface area is 276 Å². The standard InChI is InChI=1S/C35H48N6O6/c1-22(2)17-26(30(42)35(5)21-47-35)38-32(44)27(18-23(3)4)40-33(45)28(19-24-9-7-6-8-10-24)39-31(43)25-11-15-41(16-12-25)34(46)29-20-36-13-14-37-29/h6-10,13-14,20,22-23,25-28H,11-12,15-19,21H2,1-5H3,(H,38,44)(H,39,43)(H,40,45). The SMILES string of the molecule is CC(C)CC(NC(=O)C(Cc1ccccc1)NC(=O)C1CCN(C(=O)c2cnccn2)CC1)C(=O)NC(CC(C)C)C(=O)C1(C)CO1. The van der Waals surface area contributed by atoms with Crippen LogP contribution in [0.3, 0.4) is 0 Å². The van der Waals surface area contributed by atoms with Crippen LogP contribution in [0.4, 0.5) is 0 Å². The average molecular weight is 649 g/mol. The molecule has 3 heterocycles. The van der Waals surface area contributed by atoms with E-state index in [1.54, 1.807) is 11.8 Å². The van der Waals surface area contributed by atoms with Crippen molar-refractivity contribution in [3.05, 3.63) is 60.2 Å². The van der Waals surface area contributed by atoms with Crippen molar-refractivity contribution in [3.8, 4) is 0 Å². The fourth-order valence-corrected chi connectivity index (χ4v) is 5.83. The van der Waals surface area contributed by atoms with Gasteiger partial charge in [0.05, 0.1) is 18.8 Å². The van der Waals surface area contributed by atoms with Crippen LogP contribution in [-0.2, 0) is 30.3 Å². The van der Waals surface area contributed by atoms with E-state index in [2.05, 4.69) is 25.9 Å². The van der Waals surface area contributed by atoms with E-state index in [0.717, 1.165) is 5.56 Å². The zero-order valence-corrected chi connectivity index (χ0v) is 28.0. The van der Waals surface area contributed by atoms with E-state index >= 15 is 0 Å². The van der Waals surface area contributed by atoms with Gasteiger partial charge in [0.1, 0.15) is 23.4 Å². The minimum Gasteiger partial charge on any atom is -0.361 e. The lowest BCUT2D eigenvalue weighted by molar-refractivity contribution is -0.135. The van der Waals surface area contributed by atoms with Gasteiger partial charge in [-0.25, -0.2) is 4.98 Å². The first-order valence-corrected chi connectivity index (χ1v) is 16.5. The molecule has 4 amide bonds. The second kappa shape index (κ2) is 16.1. The molecule has 0 spiro atoms. The molecular formula is C35H48N6O6. The molecule has 2 saturated heterocycles. The number of nitrogens with one attached hydrogen (secondary N) is 3. The van der Waals surface area contributed by atoms with Crippen LogP contribution in [0.5, 0.6) is 0 Å². The van der Waals surface area contributed by atoms with Crippen molar-refractivity contribution in [2.24, 2.45) is 17.8 Å². The highest BCUT2D eigenvalue weighted by atomic mass is 16.6. The first-order chi connectivity index (χ1) is 22.4. The lowest BCUT2D eigenvalue weighted by Gasteiger charge is -2.32. The Kier molecular flexibility index (Phi) is 12.2. The van der Waals surface area contributed by atoms with Crippen molar-refractivity contribution < 1.29 is 28.7 Å². The number of epoxide rings is 1. The molecule has 2 fully saturated rings. The molecular weight excluding hydrogens is 600 g/mol. The summed E-state index contributed by atoms with van der Waals surface area (Å²) in [6.07, 6.45) is 6.27. The molecule has 4 atom stereocenters. The van der Waals surface area contributed by atoms with Gasteiger partial charge >= 0.3 is 0 Å². The summed E-state index contributed by atoms with van der Waals surface area (Å²) in [5.74, 6) is -1.80. The van der Waals surface area contributed by atoms with Crippen LogP contribution in [0.15, 0.2) is 48.9 Å². The summed E-state index contributed by atoms with van der Waals surface area (Å²) in [6.45, 7) is 10.7. The molecule has 1 aromatic heterocycles. The van der Waals surface area contributed by atoms with E-state index in [1.165, 1.54) is 18.6 Å². The molecule has 0 aliphatic carbocycles. The smallest absolute Gasteiger partial charge is 0.274 e. The van der Waals surface area contributed by atoms with Crippen molar-refractivity contribution in [3.63, 3.8) is 0 Å². The van der Waals surface area contributed by atoms with Crippen LogP contribution in [0.2, 0.25) is 0 Å². The summed E-state index contributed by atoms with van der Waals surface area (Å²) < 4.78 is 5.37. The van der Waals surface area contributed by atoms with E-state index in [0.29, 0.717) is 45.4 Å². The van der Waals surface area contributed by atoms with E-state index in [1.807, 2.05) is 58.0 Å². The van der Waals surface area contributed by atoms with Gasteiger partial charge in [-0.3, -0.25) is 29.0 Å². The summed E-state index contributed by atoms with van der Waals surface area (Å²) in [6, 6.07) is 6.75. The molecule has 4 rings (SSSR count). The maximum Gasteiger partial charge on any atom is 0.274 e. The molecule has 12 nitrogen and oxygen atoms in total. The van der Waals surface area contributed by atoms with Gasteiger partial charge in [0.25, 0.3) is 5.91 Å². The number of Topliss-reactive ketones (excluding diaryl/α,β-unsaturated/α-hetero) is 1. The number of likely N-dealkylation sites (tertiary alicyclic amines) is 1. The first kappa shape index (κ1) is 35.7. The zero-order chi connectivity index (χ0) is 34.1. The van der Waals surface area contributed by atoms with Crippen LogP contribution in [-0.4, -0.2) is 87.7 Å². The van der Waals surface area contributed by atoms with Gasteiger partial charge in [-0.05, 0) is 50.0 Å². The van der Waals surface area contributed by atoms with Gasteiger partial charge in [-0.2, -0.15) is 0 Å². The summed E-state index contributed by atoms with van der Waals surface area (Å²) in [5, 5.41) is 8.74. The van der Waals surface area contributed by atoms with E-state index in [9.17, 15) is 24.0 Å². The number of benzene rings is 1. The second-order valence-electron chi connectivity index (χ2n) is 13.7. The molecule has 0 bridgehead atoms. The minimum atomic E-state index is -0.946. The van der Waals surface area contributed by atoms with Crippen molar-refractivity contribution in [1.29, 1.82) is 0 Å². The maximum absolute atomic E-state index is 13.9. The zero-order valence-electron chi connectivity index (χ0n) is 28.0. The molecule has 254 valence electrons. The van der Waals surface area contributed by atoms with Crippen molar-refractivity contribution >= 4 is 29.4 Å². The Hall–Kier alpha value is -4.19. The summed E-state index contributed by atoms with van der Waals surface area (Å²) >= 11 is 0. The second-order valence-corrected chi connectivity index (χ2v) is 13.7. The molecule has 2 aliphatic rings. The van der Waals surface area contributed by atoms with Gasteiger partial charge in [-0.1, -0.05) is 58.0 Å². The number of rotatable bonds is 15. The molecule has 0 saturated carbocycles. The normalized spacial score (nSPS) is 19.9. The van der Waals surface area contributed by atoms with Crippen LogP contribution >= 0.6 is 0 Å². The number of ketones is 1. The van der Waals surface area contributed by atoms with Gasteiger partial charge in [0.15, 0.2) is 5.78 Å². The molecule has 47 heavy (non-hydrogen) atoms. The molecule has 1 aromatic carbocycles. The predicted octanol–water partition coefficient (Wildman–Crippen LogP) is 2.48. The van der Waals surface area contributed by atoms with Crippen LogP contribution in [0.1, 0.15) is 76.4 Å². The third kappa shape index (κ3) is 10.1. The number of carbonyl (C=O) groups is 5. The fraction of sp³-hybridized carbons (Fsp3) is 0.571. The van der Waals surface area contributed by atoms with Crippen LogP contribution in [0.25, 0.3) is 0 Å². The monoisotopic (exact) mass is 648 g/mol. The summed E-state index contributed by atoms with van der Waals surface area (Å²) in [5.41, 5.74) is 0.209. The number of amides is 4. The lowest BCUT2D eigenvalue weighted by atomic mass is 9.92. The van der Waals surface area contributed by atoms with Gasteiger partial charge in [-0.15, -0.1) is 0 Å². The van der Waals surface area contributed by atoms with Gasteiger partial charge in [0.2, 0.25) is 17.7 Å². The Morgan fingerprint density at radius 2 is 1.47 bits per heavy atom. The molecule has 3 N–H and O–H groups in total. The molecule has 2 aromatic rings. The van der Waals surface area contributed by atoms with Crippen molar-refractivity contribution in [2.75, 3.05) is 19.7 Å². The molecule has 2 aliphatic heterocycles. The number of nitrogens with zero attached hydrogens (tertiary/aromatic N) is 3. The quantitative estimate of drug-likeness (QED) is 0.248. The third-order valence-electron chi connectivity index (χ3n) is 8.63. The predicted molar refractivity (Wildman–Crippen MR) is 175 cm³/mol. The summed E-state index contributed by atoms with van der Waals surface area (Å²) in [7, 11) is 0. The Morgan fingerprint density at radius 1 is 0.872 bits per heavy atom.